The molecule has 0 fully saturated rings. The predicted molar refractivity (Wildman–Crippen MR) is 88.6 cm³/mol. The zero-order valence-electron chi connectivity index (χ0n) is 12.7. The summed E-state index contributed by atoms with van der Waals surface area (Å²) >= 11 is 1.36. The van der Waals surface area contributed by atoms with E-state index in [2.05, 4.69) is 15.0 Å². The van der Waals surface area contributed by atoms with Crippen molar-refractivity contribution in [2.24, 2.45) is 0 Å². The smallest absolute Gasteiger partial charge is 0.387 e. The van der Waals surface area contributed by atoms with E-state index in [0.717, 1.165) is 10.2 Å². The van der Waals surface area contributed by atoms with Crippen LogP contribution in [-0.4, -0.2) is 17.5 Å². The number of thiophene rings is 1. The van der Waals surface area contributed by atoms with Crippen LogP contribution in [0, 0.1) is 0 Å². The van der Waals surface area contributed by atoms with Crippen molar-refractivity contribution in [3.05, 3.63) is 59.1 Å². The minimum atomic E-state index is -2.88. The second-order valence-corrected chi connectivity index (χ2v) is 6.23. The topological polar surface area (TPSA) is 51.2 Å². The predicted octanol–water partition coefficient (Wildman–Crippen LogP) is 4.39. The molecule has 0 radical (unpaired) electrons. The van der Waals surface area contributed by atoms with E-state index in [1.54, 1.807) is 31.3 Å². The van der Waals surface area contributed by atoms with Gasteiger partial charge in [0.15, 0.2) is 0 Å². The maximum absolute atomic E-state index is 12.4. The van der Waals surface area contributed by atoms with Crippen LogP contribution in [0.4, 0.5) is 8.78 Å². The van der Waals surface area contributed by atoms with Crippen LogP contribution in [0.2, 0.25) is 0 Å². The molecule has 0 aliphatic heterocycles. The van der Waals surface area contributed by atoms with E-state index in [9.17, 15) is 13.6 Å². The third kappa shape index (κ3) is 3.68. The Morgan fingerprint density at radius 1 is 1.25 bits per heavy atom. The van der Waals surface area contributed by atoms with Crippen LogP contribution in [0.5, 0.6) is 5.75 Å². The molecule has 4 nitrogen and oxygen atoms in total. The van der Waals surface area contributed by atoms with Crippen LogP contribution in [0.15, 0.2) is 48.7 Å². The molecular formula is C17H14F2N2O2S. The van der Waals surface area contributed by atoms with Gasteiger partial charge in [-0.1, -0.05) is 12.1 Å². The average molecular weight is 348 g/mol. The summed E-state index contributed by atoms with van der Waals surface area (Å²) in [7, 11) is 0. The van der Waals surface area contributed by atoms with E-state index in [-0.39, 0.29) is 17.7 Å². The fourth-order valence-electron chi connectivity index (χ4n) is 2.29. The van der Waals surface area contributed by atoms with Gasteiger partial charge in [-0.2, -0.15) is 8.78 Å². The van der Waals surface area contributed by atoms with Gasteiger partial charge in [0.2, 0.25) is 0 Å². The van der Waals surface area contributed by atoms with Gasteiger partial charge in [-0.15, -0.1) is 11.3 Å². The molecule has 1 N–H and O–H groups in total. The third-order valence-electron chi connectivity index (χ3n) is 3.44. The molecule has 1 atom stereocenters. The van der Waals surface area contributed by atoms with Crippen molar-refractivity contribution in [3.8, 4) is 5.75 Å². The Morgan fingerprint density at radius 3 is 2.83 bits per heavy atom. The number of amides is 1. The summed E-state index contributed by atoms with van der Waals surface area (Å²) in [6.07, 6.45) is 1.67. The maximum atomic E-state index is 12.4. The minimum Gasteiger partial charge on any atom is -0.435 e. The number of pyridine rings is 1. The standard InChI is InChI=1S/C17H14F2N2O2S/c1-10(11-4-2-5-12(8-11)23-17(18)19)21-16(22)15-9-13-14(24-15)6-3-7-20-13/h2-10,17H,1H3,(H,21,22). The first-order valence-corrected chi connectivity index (χ1v) is 8.05. The number of nitrogens with zero attached hydrogens (tertiary/aromatic N) is 1. The number of carbonyl (C=O) groups excluding carboxylic acids is 1. The molecule has 0 spiro atoms. The molecule has 1 unspecified atom stereocenters. The second-order valence-electron chi connectivity index (χ2n) is 5.14. The molecule has 3 aromatic rings. The van der Waals surface area contributed by atoms with Crippen molar-refractivity contribution in [2.75, 3.05) is 0 Å². The Labute approximate surface area is 141 Å². The summed E-state index contributed by atoms with van der Waals surface area (Å²) in [6, 6.07) is 11.4. The molecule has 24 heavy (non-hydrogen) atoms. The zero-order chi connectivity index (χ0) is 17.1. The Bertz CT molecular complexity index is 833. The molecule has 3 rings (SSSR count). The van der Waals surface area contributed by atoms with E-state index in [0.29, 0.717) is 10.4 Å². The zero-order valence-corrected chi connectivity index (χ0v) is 13.5. The SMILES string of the molecule is CC(NC(=O)c1cc2ncccc2s1)c1cccc(OC(F)F)c1. The maximum Gasteiger partial charge on any atom is 0.387 e. The summed E-state index contributed by atoms with van der Waals surface area (Å²) in [6.45, 7) is -1.10. The number of halogens is 2. The van der Waals surface area contributed by atoms with Crippen LogP contribution in [0.3, 0.4) is 0 Å². The van der Waals surface area contributed by atoms with Crippen molar-refractivity contribution in [2.45, 2.75) is 19.6 Å². The van der Waals surface area contributed by atoms with E-state index in [4.69, 9.17) is 0 Å². The van der Waals surface area contributed by atoms with Gasteiger partial charge < -0.3 is 10.1 Å². The Hall–Kier alpha value is -2.54. The lowest BCUT2D eigenvalue weighted by Crippen LogP contribution is -2.25. The number of fused-ring (bicyclic) bond motifs is 1. The van der Waals surface area contributed by atoms with Crippen LogP contribution in [0.25, 0.3) is 10.2 Å². The molecule has 1 amide bonds. The summed E-state index contributed by atoms with van der Waals surface area (Å²) in [4.78, 5) is 17.1. The molecule has 124 valence electrons. The van der Waals surface area contributed by atoms with Gasteiger partial charge in [-0.3, -0.25) is 9.78 Å². The molecule has 0 aliphatic carbocycles. The van der Waals surface area contributed by atoms with Gasteiger partial charge in [0.1, 0.15) is 5.75 Å². The number of ether oxygens (including phenoxy) is 1. The van der Waals surface area contributed by atoms with Crippen molar-refractivity contribution >= 4 is 27.5 Å². The Balaban J connectivity index is 1.74. The molecule has 0 bridgehead atoms. The van der Waals surface area contributed by atoms with Gasteiger partial charge in [0.05, 0.1) is 21.1 Å². The number of carbonyl (C=O) groups is 1. The lowest BCUT2D eigenvalue weighted by molar-refractivity contribution is -0.0499. The molecule has 0 aliphatic rings. The first kappa shape index (κ1) is 16.3. The van der Waals surface area contributed by atoms with Gasteiger partial charge >= 0.3 is 6.61 Å². The average Bonchev–Trinajstić information content (AvgIpc) is 2.98. The summed E-state index contributed by atoms with van der Waals surface area (Å²) in [5.41, 5.74) is 1.45. The molecule has 0 saturated carbocycles. The lowest BCUT2D eigenvalue weighted by atomic mass is 10.1. The number of nitrogens with one attached hydrogen (secondary N) is 1. The molecule has 2 aromatic heterocycles. The van der Waals surface area contributed by atoms with Gasteiger partial charge in [0, 0.05) is 6.20 Å². The van der Waals surface area contributed by atoms with E-state index in [1.807, 2.05) is 12.1 Å². The molecular weight excluding hydrogens is 334 g/mol. The monoisotopic (exact) mass is 348 g/mol. The summed E-state index contributed by atoms with van der Waals surface area (Å²) < 4.78 is 29.9. The van der Waals surface area contributed by atoms with E-state index < -0.39 is 6.61 Å². The molecule has 0 saturated heterocycles. The fourth-order valence-corrected chi connectivity index (χ4v) is 3.21. The first-order valence-electron chi connectivity index (χ1n) is 7.23. The van der Waals surface area contributed by atoms with Crippen molar-refractivity contribution < 1.29 is 18.3 Å². The second kappa shape index (κ2) is 6.92. The summed E-state index contributed by atoms with van der Waals surface area (Å²) in [5.74, 6) is -0.166. The first-order chi connectivity index (χ1) is 11.5. The number of alkyl halides is 2. The van der Waals surface area contributed by atoms with Crippen molar-refractivity contribution in [1.29, 1.82) is 0 Å². The molecule has 2 heterocycles. The van der Waals surface area contributed by atoms with Crippen molar-refractivity contribution in [3.63, 3.8) is 0 Å². The quantitative estimate of drug-likeness (QED) is 0.744. The van der Waals surface area contributed by atoms with Crippen LogP contribution in [0.1, 0.15) is 28.2 Å². The number of aromatic nitrogens is 1. The van der Waals surface area contributed by atoms with Crippen molar-refractivity contribution in [1.82, 2.24) is 10.3 Å². The number of hydrogen-bond donors (Lipinski definition) is 1. The third-order valence-corrected chi connectivity index (χ3v) is 4.53. The highest BCUT2D eigenvalue weighted by atomic mass is 32.1. The number of hydrogen-bond acceptors (Lipinski definition) is 4. The summed E-state index contributed by atoms with van der Waals surface area (Å²) in [5, 5.41) is 2.85. The van der Waals surface area contributed by atoms with Gasteiger partial charge in [-0.05, 0) is 42.8 Å². The highest BCUT2D eigenvalue weighted by Crippen LogP contribution is 2.25. The largest absolute Gasteiger partial charge is 0.435 e. The fraction of sp³-hybridized carbons (Fsp3) is 0.176. The van der Waals surface area contributed by atoms with Crippen LogP contribution < -0.4 is 10.1 Å². The van der Waals surface area contributed by atoms with Crippen LogP contribution in [-0.2, 0) is 0 Å². The Kier molecular flexibility index (Phi) is 4.71. The molecule has 7 heteroatoms. The highest BCUT2D eigenvalue weighted by Gasteiger charge is 2.15. The normalized spacial score (nSPS) is 12.3. The van der Waals surface area contributed by atoms with E-state index in [1.165, 1.54) is 23.5 Å². The Morgan fingerprint density at radius 2 is 2.08 bits per heavy atom. The number of benzene rings is 1. The number of rotatable bonds is 5. The highest BCUT2D eigenvalue weighted by molar-refractivity contribution is 7.20. The van der Waals surface area contributed by atoms with Crippen LogP contribution >= 0.6 is 11.3 Å². The molecule has 1 aromatic carbocycles. The van der Waals surface area contributed by atoms with Gasteiger partial charge in [-0.25, -0.2) is 0 Å². The van der Waals surface area contributed by atoms with Gasteiger partial charge in [0.25, 0.3) is 5.91 Å². The lowest BCUT2D eigenvalue weighted by Gasteiger charge is -2.15. The minimum absolute atomic E-state index is 0.0645. The van der Waals surface area contributed by atoms with E-state index >= 15 is 0 Å².